The molecule has 164 valence electrons. The quantitative estimate of drug-likeness (QED) is 0.485. The first kappa shape index (κ1) is 21.0. The van der Waals surface area contributed by atoms with E-state index in [0.29, 0.717) is 33.3 Å². The van der Waals surface area contributed by atoms with Crippen molar-refractivity contribution in [2.24, 2.45) is 0 Å². The van der Waals surface area contributed by atoms with Crippen LogP contribution in [-0.2, 0) is 0 Å². The van der Waals surface area contributed by atoms with Gasteiger partial charge in [-0.25, -0.2) is 9.97 Å². The minimum atomic E-state index is -0.382. The van der Waals surface area contributed by atoms with Crippen LogP contribution in [-0.4, -0.2) is 33.9 Å². The number of anilines is 4. The maximum absolute atomic E-state index is 12.7. The van der Waals surface area contributed by atoms with Gasteiger partial charge in [-0.2, -0.15) is 4.98 Å². The topological polar surface area (TPSA) is 83.0 Å². The summed E-state index contributed by atoms with van der Waals surface area (Å²) in [5.41, 5.74) is 1.88. The average molecular weight is 469 g/mol. The molecule has 1 saturated heterocycles. The Labute approximate surface area is 196 Å². The Kier molecular flexibility index (Phi) is 5.85. The van der Waals surface area contributed by atoms with E-state index < -0.39 is 0 Å². The SMILES string of the molecule is O=C(Nc1ccnc(Nc2cc(C3CC3)nc(N3CCCC3)n2)c1)c1c(Cl)cccc1Cl. The monoisotopic (exact) mass is 468 g/mol. The second-order valence-corrected chi connectivity index (χ2v) is 8.87. The first-order chi connectivity index (χ1) is 15.6. The number of nitrogens with one attached hydrogen (secondary N) is 2. The molecule has 5 rings (SSSR count). The molecule has 0 bridgehead atoms. The summed E-state index contributed by atoms with van der Waals surface area (Å²) >= 11 is 12.3. The second-order valence-electron chi connectivity index (χ2n) is 8.05. The number of carbonyl (C=O) groups is 1. The molecular formula is C23H22Cl2N6O. The fourth-order valence-corrected chi connectivity index (χ4v) is 4.35. The van der Waals surface area contributed by atoms with Gasteiger partial charge >= 0.3 is 0 Å². The fraction of sp³-hybridized carbons (Fsp3) is 0.304. The van der Waals surface area contributed by atoms with Gasteiger partial charge in [-0.1, -0.05) is 29.3 Å². The van der Waals surface area contributed by atoms with Crippen LogP contribution in [0, 0.1) is 0 Å². The summed E-state index contributed by atoms with van der Waals surface area (Å²) in [6.45, 7) is 1.97. The van der Waals surface area contributed by atoms with Gasteiger partial charge in [0, 0.05) is 43.0 Å². The molecular weight excluding hydrogens is 447 g/mol. The Hall–Kier alpha value is -2.90. The van der Waals surface area contributed by atoms with Crippen LogP contribution in [0.2, 0.25) is 10.0 Å². The molecule has 32 heavy (non-hydrogen) atoms. The molecule has 7 nitrogen and oxygen atoms in total. The molecule has 1 amide bonds. The number of aromatic nitrogens is 3. The predicted molar refractivity (Wildman–Crippen MR) is 127 cm³/mol. The fourth-order valence-electron chi connectivity index (χ4n) is 3.78. The molecule has 0 radical (unpaired) electrons. The van der Waals surface area contributed by atoms with Gasteiger partial charge in [-0.3, -0.25) is 4.79 Å². The highest BCUT2D eigenvalue weighted by Gasteiger charge is 2.27. The lowest BCUT2D eigenvalue weighted by Crippen LogP contribution is -2.21. The zero-order valence-corrected chi connectivity index (χ0v) is 18.8. The Balaban J connectivity index is 1.36. The number of hydrogen-bond acceptors (Lipinski definition) is 6. The molecule has 0 atom stereocenters. The van der Waals surface area contributed by atoms with Crippen molar-refractivity contribution in [2.45, 2.75) is 31.6 Å². The van der Waals surface area contributed by atoms with Crippen LogP contribution in [0.3, 0.4) is 0 Å². The highest BCUT2D eigenvalue weighted by atomic mass is 35.5. The van der Waals surface area contributed by atoms with Gasteiger partial charge in [-0.15, -0.1) is 0 Å². The van der Waals surface area contributed by atoms with Gasteiger partial charge in [0.15, 0.2) is 0 Å². The molecule has 1 saturated carbocycles. The molecule has 1 aromatic carbocycles. The summed E-state index contributed by atoms with van der Waals surface area (Å²) in [5, 5.41) is 6.70. The lowest BCUT2D eigenvalue weighted by Gasteiger charge is -2.17. The predicted octanol–water partition coefficient (Wildman–Crippen LogP) is 5.65. The molecule has 9 heteroatoms. The highest BCUT2D eigenvalue weighted by Crippen LogP contribution is 2.40. The lowest BCUT2D eigenvalue weighted by molar-refractivity contribution is 0.102. The Morgan fingerprint density at radius 3 is 2.47 bits per heavy atom. The van der Waals surface area contributed by atoms with Crippen LogP contribution in [0.5, 0.6) is 0 Å². The van der Waals surface area contributed by atoms with E-state index in [-0.39, 0.29) is 11.5 Å². The number of pyridine rings is 1. The van der Waals surface area contributed by atoms with Crippen LogP contribution >= 0.6 is 23.2 Å². The third-order valence-corrected chi connectivity index (χ3v) is 6.21. The minimum Gasteiger partial charge on any atom is -0.341 e. The van der Waals surface area contributed by atoms with Gasteiger partial charge in [0.1, 0.15) is 11.6 Å². The van der Waals surface area contributed by atoms with Crippen LogP contribution in [0.4, 0.5) is 23.3 Å². The van der Waals surface area contributed by atoms with Crippen LogP contribution in [0.15, 0.2) is 42.6 Å². The van der Waals surface area contributed by atoms with Crippen LogP contribution < -0.4 is 15.5 Å². The third kappa shape index (κ3) is 4.64. The maximum atomic E-state index is 12.7. The lowest BCUT2D eigenvalue weighted by atomic mass is 10.2. The van der Waals surface area contributed by atoms with Crippen molar-refractivity contribution in [1.82, 2.24) is 15.0 Å². The van der Waals surface area contributed by atoms with E-state index in [4.69, 9.17) is 33.2 Å². The minimum absolute atomic E-state index is 0.238. The standard InChI is InChI=1S/C23H22Cl2N6O/c24-16-4-3-5-17(25)21(16)22(32)27-15-8-9-26-19(12-15)29-20-13-18(14-6-7-14)28-23(30-20)31-10-1-2-11-31/h3-5,8-9,12-14H,1-2,6-7,10-11H2,(H2,26,27,28,29,30,32). The zero-order valence-electron chi connectivity index (χ0n) is 17.3. The second kappa shape index (κ2) is 8.92. The number of rotatable bonds is 6. The molecule has 3 aromatic rings. The molecule has 3 heterocycles. The van der Waals surface area contributed by atoms with Crippen LogP contribution in [0.25, 0.3) is 0 Å². The number of carbonyl (C=O) groups excluding carboxylic acids is 1. The van der Waals surface area contributed by atoms with Crippen molar-refractivity contribution in [3.63, 3.8) is 0 Å². The number of amides is 1. The van der Waals surface area contributed by atoms with Gasteiger partial charge < -0.3 is 15.5 Å². The van der Waals surface area contributed by atoms with E-state index in [0.717, 1.165) is 24.7 Å². The Bertz CT molecular complexity index is 1140. The number of benzene rings is 1. The highest BCUT2D eigenvalue weighted by molar-refractivity contribution is 6.40. The van der Waals surface area contributed by atoms with E-state index in [2.05, 4.69) is 20.5 Å². The Morgan fingerprint density at radius 2 is 1.75 bits per heavy atom. The summed E-state index contributed by atoms with van der Waals surface area (Å²) in [6, 6.07) is 10.4. The number of nitrogens with zero attached hydrogens (tertiary/aromatic N) is 4. The molecule has 2 aliphatic rings. The molecule has 0 spiro atoms. The van der Waals surface area contributed by atoms with E-state index in [1.807, 2.05) is 6.07 Å². The Morgan fingerprint density at radius 1 is 1.00 bits per heavy atom. The largest absolute Gasteiger partial charge is 0.341 e. The van der Waals surface area contributed by atoms with Gasteiger partial charge in [0.2, 0.25) is 5.95 Å². The molecule has 1 aliphatic carbocycles. The molecule has 1 aliphatic heterocycles. The van der Waals surface area contributed by atoms with Crippen molar-refractivity contribution in [3.05, 3.63) is 63.9 Å². The van der Waals surface area contributed by atoms with Crippen LogP contribution in [0.1, 0.15) is 47.7 Å². The van der Waals surface area contributed by atoms with E-state index in [1.54, 1.807) is 36.5 Å². The van der Waals surface area contributed by atoms with Crippen molar-refractivity contribution >= 4 is 52.4 Å². The number of halogens is 2. The molecule has 2 fully saturated rings. The van der Waals surface area contributed by atoms with E-state index in [1.165, 1.54) is 25.7 Å². The molecule has 0 unspecified atom stereocenters. The molecule has 2 aromatic heterocycles. The van der Waals surface area contributed by atoms with Crippen molar-refractivity contribution in [3.8, 4) is 0 Å². The zero-order chi connectivity index (χ0) is 22.1. The summed E-state index contributed by atoms with van der Waals surface area (Å²) in [4.78, 5) is 28.8. The average Bonchev–Trinajstić information content (AvgIpc) is 3.47. The maximum Gasteiger partial charge on any atom is 0.258 e. The van der Waals surface area contributed by atoms with Gasteiger partial charge in [0.25, 0.3) is 5.91 Å². The first-order valence-corrected chi connectivity index (χ1v) is 11.4. The van der Waals surface area contributed by atoms with Crippen molar-refractivity contribution in [2.75, 3.05) is 28.6 Å². The van der Waals surface area contributed by atoms with Crippen molar-refractivity contribution < 1.29 is 4.79 Å². The van der Waals surface area contributed by atoms with E-state index >= 15 is 0 Å². The third-order valence-electron chi connectivity index (χ3n) is 5.58. The molecule has 2 N–H and O–H groups in total. The van der Waals surface area contributed by atoms with Crippen molar-refractivity contribution in [1.29, 1.82) is 0 Å². The number of hydrogen-bond donors (Lipinski definition) is 2. The summed E-state index contributed by atoms with van der Waals surface area (Å²) in [7, 11) is 0. The summed E-state index contributed by atoms with van der Waals surface area (Å²) < 4.78 is 0. The van der Waals surface area contributed by atoms with Gasteiger partial charge in [0.05, 0.1) is 21.3 Å². The summed E-state index contributed by atoms with van der Waals surface area (Å²) in [6.07, 6.45) is 6.29. The smallest absolute Gasteiger partial charge is 0.258 e. The first-order valence-electron chi connectivity index (χ1n) is 10.7. The van der Waals surface area contributed by atoms with Gasteiger partial charge in [-0.05, 0) is 43.9 Å². The van der Waals surface area contributed by atoms with E-state index in [9.17, 15) is 4.79 Å². The summed E-state index contributed by atoms with van der Waals surface area (Å²) in [5.74, 6) is 2.17. The normalized spacial score (nSPS) is 15.6.